The molecule has 0 aromatic heterocycles. The molecule has 1 aliphatic heterocycles. The van der Waals surface area contributed by atoms with E-state index in [-0.39, 0.29) is 48.3 Å². The molecule has 170 valence electrons. The normalized spacial score (nSPS) is 24.6. The van der Waals surface area contributed by atoms with Crippen LogP contribution in [0, 0.1) is 5.92 Å². The minimum absolute atomic E-state index is 0. The Bertz CT molecular complexity index is 703. The topological polar surface area (TPSA) is 45.7 Å². The van der Waals surface area contributed by atoms with Gasteiger partial charge in [0, 0.05) is 43.3 Å². The number of benzene rings is 1. The summed E-state index contributed by atoms with van der Waals surface area (Å²) >= 11 is 6.50. The number of halogens is 5. The fourth-order valence-corrected chi connectivity index (χ4v) is 4.74. The number of alkyl halides is 3. The van der Waals surface area contributed by atoms with Gasteiger partial charge in [-0.2, -0.15) is 13.2 Å². The molecule has 0 amide bonds. The van der Waals surface area contributed by atoms with Gasteiger partial charge in [0.2, 0.25) is 0 Å². The third-order valence-electron chi connectivity index (χ3n) is 6.24. The van der Waals surface area contributed by atoms with E-state index in [2.05, 4.69) is 21.7 Å². The Morgan fingerprint density at radius 2 is 1.80 bits per heavy atom. The molecule has 3 rings (SSSR count). The molecule has 1 aliphatic carbocycles. The highest BCUT2D eigenvalue weighted by atomic mass is 127. The molecule has 1 saturated carbocycles. The molecule has 2 fully saturated rings. The molecule has 2 aliphatic rings. The van der Waals surface area contributed by atoms with Crippen molar-refractivity contribution >= 4 is 41.5 Å². The van der Waals surface area contributed by atoms with Crippen LogP contribution < -0.4 is 10.6 Å². The van der Waals surface area contributed by atoms with E-state index in [0.717, 1.165) is 23.4 Å². The molecular formula is C21H30ClF3IN3O. The first-order valence-electron chi connectivity index (χ1n) is 10.2. The molecule has 4 nitrogen and oxygen atoms in total. The first kappa shape index (κ1) is 25.5. The minimum atomic E-state index is -4.09. The molecule has 1 aromatic carbocycles. The number of guanidine groups is 1. The van der Waals surface area contributed by atoms with E-state index in [1.165, 1.54) is 0 Å². The van der Waals surface area contributed by atoms with Gasteiger partial charge in [-0.1, -0.05) is 29.8 Å². The van der Waals surface area contributed by atoms with Gasteiger partial charge in [0.15, 0.2) is 5.96 Å². The highest BCUT2D eigenvalue weighted by molar-refractivity contribution is 14.0. The number of hydrogen-bond acceptors (Lipinski definition) is 2. The van der Waals surface area contributed by atoms with Crippen molar-refractivity contribution in [3.63, 3.8) is 0 Å². The Balaban J connectivity index is 0.00000320. The predicted octanol–water partition coefficient (Wildman–Crippen LogP) is 5.29. The van der Waals surface area contributed by atoms with Crippen LogP contribution in [0.1, 0.15) is 44.1 Å². The SMILES string of the molecule is CN=C(NCC1(c2ccccc2Cl)CCOCC1)NC1CCC(C(F)(F)F)CC1.I. The Labute approximate surface area is 198 Å². The van der Waals surface area contributed by atoms with Gasteiger partial charge < -0.3 is 15.4 Å². The van der Waals surface area contributed by atoms with Crippen LogP contribution in [-0.2, 0) is 10.2 Å². The molecular weight excluding hydrogens is 530 g/mol. The van der Waals surface area contributed by atoms with Crippen molar-refractivity contribution in [3.8, 4) is 0 Å². The van der Waals surface area contributed by atoms with Gasteiger partial charge in [-0.3, -0.25) is 4.99 Å². The maximum absolute atomic E-state index is 12.9. The molecule has 1 aromatic rings. The predicted molar refractivity (Wildman–Crippen MR) is 125 cm³/mol. The van der Waals surface area contributed by atoms with Crippen LogP contribution in [0.5, 0.6) is 0 Å². The number of rotatable bonds is 4. The van der Waals surface area contributed by atoms with Crippen LogP contribution in [0.15, 0.2) is 29.3 Å². The van der Waals surface area contributed by atoms with Crippen molar-refractivity contribution in [2.45, 2.75) is 56.2 Å². The third kappa shape index (κ3) is 6.38. The maximum atomic E-state index is 12.9. The fourth-order valence-electron chi connectivity index (χ4n) is 4.40. The zero-order valence-corrected chi connectivity index (χ0v) is 20.2. The van der Waals surface area contributed by atoms with E-state index in [9.17, 15) is 13.2 Å². The molecule has 30 heavy (non-hydrogen) atoms. The summed E-state index contributed by atoms with van der Waals surface area (Å²) in [5, 5.41) is 7.45. The average molecular weight is 560 g/mol. The molecule has 1 heterocycles. The third-order valence-corrected chi connectivity index (χ3v) is 6.57. The molecule has 2 N–H and O–H groups in total. The molecule has 0 unspecified atom stereocenters. The quantitative estimate of drug-likeness (QED) is 0.299. The lowest BCUT2D eigenvalue weighted by Gasteiger charge is -2.39. The molecule has 0 radical (unpaired) electrons. The van der Waals surface area contributed by atoms with Gasteiger partial charge in [0.05, 0.1) is 5.92 Å². The fraction of sp³-hybridized carbons (Fsp3) is 0.667. The largest absolute Gasteiger partial charge is 0.391 e. The summed E-state index contributed by atoms with van der Waals surface area (Å²) in [6.45, 7) is 1.97. The van der Waals surface area contributed by atoms with Crippen LogP contribution >= 0.6 is 35.6 Å². The molecule has 0 bridgehead atoms. The summed E-state index contributed by atoms with van der Waals surface area (Å²) in [6.07, 6.45) is -1.08. The lowest BCUT2D eigenvalue weighted by Crippen LogP contribution is -2.51. The number of ether oxygens (including phenoxy) is 1. The van der Waals surface area contributed by atoms with Crippen LogP contribution in [0.2, 0.25) is 5.02 Å². The van der Waals surface area contributed by atoms with Gasteiger partial charge in [-0.25, -0.2) is 0 Å². The number of aliphatic imine (C=N–C) groups is 1. The zero-order valence-electron chi connectivity index (χ0n) is 17.1. The van der Waals surface area contributed by atoms with E-state index in [4.69, 9.17) is 16.3 Å². The molecule has 1 saturated heterocycles. The standard InChI is InChI=1S/C21H29ClF3N3O.HI/c1-26-19(28-16-8-6-15(7-9-16)21(23,24)25)27-14-20(10-12-29-13-11-20)17-4-2-3-5-18(17)22;/h2-5,15-16H,6-14H2,1H3,(H2,26,27,28);1H. The molecule has 0 spiro atoms. The zero-order chi connectivity index (χ0) is 20.9. The summed E-state index contributed by atoms with van der Waals surface area (Å²) < 4.78 is 44.2. The van der Waals surface area contributed by atoms with Gasteiger partial charge in [0.1, 0.15) is 0 Å². The van der Waals surface area contributed by atoms with Crippen LogP contribution in [0.3, 0.4) is 0 Å². The van der Waals surface area contributed by atoms with E-state index in [1.54, 1.807) is 7.05 Å². The average Bonchev–Trinajstić information content (AvgIpc) is 2.72. The van der Waals surface area contributed by atoms with E-state index in [0.29, 0.717) is 38.6 Å². The van der Waals surface area contributed by atoms with E-state index in [1.807, 2.05) is 18.2 Å². The highest BCUT2D eigenvalue weighted by Gasteiger charge is 2.41. The van der Waals surface area contributed by atoms with Crippen molar-refractivity contribution in [1.82, 2.24) is 10.6 Å². The summed E-state index contributed by atoms with van der Waals surface area (Å²) in [7, 11) is 1.68. The second-order valence-corrected chi connectivity index (χ2v) is 8.44. The Morgan fingerprint density at radius 1 is 1.17 bits per heavy atom. The summed E-state index contributed by atoms with van der Waals surface area (Å²) in [6, 6.07) is 7.88. The van der Waals surface area contributed by atoms with Gasteiger partial charge in [0.25, 0.3) is 0 Å². The van der Waals surface area contributed by atoms with Crippen molar-refractivity contribution in [1.29, 1.82) is 0 Å². The number of hydrogen-bond donors (Lipinski definition) is 2. The van der Waals surface area contributed by atoms with Crippen molar-refractivity contribution in [2.75, 3.05) is 26.8 Å². The smallest absolute Gasteiger partial charge is 0.381 e. The lowest BCUT2D eigenvalue weighted by atomic mass is 9.74. The van der Waals surface area contributed by atoms with Gasteiger partial charge >= 0.3 is 6.18 Å². The first-order valence-corrected chi connectivity index (χ1v) is 10.6. The highest BCUT2D eigenvalue weighted by Crippen LogP contribution is 2.39. The maximum Gasteiger partial charge on any atom is 0.391 e. The van der Waals surface area contributed by atoms with Crippen molar-refractivity contribution in [3.05, 3.63) is 34.9 Å². The van der Waals surface area contributed by atoms with E-state index < -0.39 is 12.1 Å². The second-order valence-electron chi connectivity index (χ2n) is 8.03. The van der Waals surface area contributed by atoms with Gasteiger partial charge in [-0.05, 0) is 50.2 Å². The van der Waals surface area contributed by atoms with Crippen LogP contribution in [0.25, 0.3) is 0 Å². The van der Waals surface area contributed by atoms with Crippen LogP contribution in [0.4, 0.5) is 13.2 Å². The first-order chi connectivity index (χ1) is 13.8. The Kier molecular flexibility index (Phi) is 9.55. The Hall–Kier alpha value is -0.740. The molecule has 0 atom stereocenters. The van der Waals surface area contributed by atoms with E-state index >= 15 is 0 Å². The number of nitrogens with zero attached hydrogens (tertiary/aromatic N) is 1. The summed E-state index contributed by atoms with van der Waals surface area (Å²) in [4.78, 5) is 4.29. The number of nitrogens with one attached hydrogen (secondary N) is 2. The summed E-state index contributed by atoms with van der Waals surface area (Å²) in [5.74, 6) is -0.556. The lowest BCUT2D eigenvalue weighted by molar-refractivity contribution is -0.182. The second kappa shape index (κ2) is 11.2. The van der Waals surface area contributed by atoms with Crippen LogP contribution in [-0.4, -0.2) is 45.0 Å². The summed E-state index contributed by atoms with van der Waals surface area (Å²) in [5.41, 5.74) is 0.931. The van der Waals surface area contributed by atoms with Crippen molar-refractivity contribution < 1.29 is 17.9 Å². The monoisotopic (exact) mass is 559 g/mol. The van der Waals surface area contributed by atoms with Crippen molar-refractivity contribution in [2.24, 2.45) is 10.9 Å². The molecule has 9 heteroatoms. The Morgan fingerprint density at radius 3 is 2.37 bits per heavy atom. The van der Waals surface area contributed by atoms with Gasteiger partial charge in [-0.15, -0.1) is 24.0 Å². The minimum Gasteiger partial charge on any atom is -0.381 e.